The van der Waals surface area contributed by atoms with Crippen LogP contribution in [0.5, 0.6) is 0 Å². The lowest BCUT2D eigenvalue weighted by molar-refractivity contribution is 0.474. The van der Waals surface area contributed by atoms with E-state index in [2.05, 4.69) is 16.9 Å². The van der Waals surface area contributed by atoms with E-state index in [0.29, 0.717) is 0 Å². The van der Waals surface area contributed by atoms with E-state index in [0.717, 1.165) is 12.4 Å². The Morgan fingerprint density at radius 1 is 1.70 bits per heavy atom. The molecular formula is C7H15N3. The van der Waals surface area contributed by atoms with Gasteiger partial charge in [0.05, 0.1) is 12.4 Å². The molecule has 0 atom stereocenters. The lowest BCUT2D eigenvalue weighted by Gasteiger charge is -2.15. The summed E-state index contributed by atoms with van der Waals surface area (Å²) in [5, 5.41) is 3.07. The summed E-state index contributed by atoms with van der Waals surface area (Å²) >= 11 is 0. The van der Waals surface area contributed by atoms with Crippen LogP contribution in [0.25, 0.3) is 0 Å². The Kier molecular flexibility index (Phi) is 4.37. The Morgan fingerprint density at radius 2 is 2.30 bits per heavy atom. The summed E-state index contributed by atoms with van der Waals surface area (Å²) < 4.78 is 0. The van der Waals surface area contributed by atoms with Crippen molar-refractivity contribution in [2.45, 2.75) is 0 Å². The number of hydrogen-bond donors (Lipinski definition) is 1. The van der Waals surface area contributed by atoms with Crippen LogP contribution in [0.3, 0.4) is 0 Å². The van der Waals surface area contributed by atoms with Crippen molar-refractivity contribution in [3.05, 3.63) is 12.4 Å². The third-order valence-corrected chi connectivity index (χ3v) is 1.12. The molecule has 0 saturated heterocycles. The molecule has 0 fully saturated rings. The molecule has 0 aliphatic heterocycles. The van der Waals surface area contributed by atoms with Gasteiger partial charge in [-0.25, -0.2) is 0 Å². The molecular weight excluding hydrogens is 126 g/mol. The lowest BCUT2D eigenvalue weighted by Crippen LogP contribution is -2.25. The van der Waals surface area contributed by atoms with E-state index in [-0.39, 0.29) is 0 Å². The molecule has 0 saturated carbocycles. The van der Waals surface area contributed by atoms with Crippen LogP contribution >= 0.6 is 0 Å². The van der Waals surface area contributed by atoms with Gasteiger partial charge in [0.2, 0.25) is 0 Å². The largest absolute Gasteiger partial charge is 0.367 e. The van der Waals surface area contributed by atoms with Gasteiger partial charge in [0.1, 0.15) is 0 Å². The molecule has 0 aromatic carbocycles. The molecule has 0 aromatic rings. The Balaban J connectivity index is 3.40. The summed E-state index contributed by atoms with van der Waals surface area (Å²) in [6.07, 6.45) is 1.80. The topological polar surface area (TPSA) is 27.6 Å². The zero-order chi connectivity index (χ0) is 7.98. The third-order valence-electron chi connectivity index (χ3n) is 1.12. The molecule has 0 rings (SSSR count). The lowest BCUT2D eigenvalue weighted by atomic mass is 10.6. The van der Waals surface area contributed by atoms with Crippen LogP contribution in [0.2, 0.25) is 0 Å². The molecule has 0 spiro atoms. The molecule has 10 heavy (non-hydrogen) atoms. The molecule has 0 radical (unpaired) electrons. The highest BCUT2D eigenvalue weighted by Crippen LogP contribution is 1.84. The van der Waals surface area contributed by atoms with E-state index in [4.69, 9.17) is 0 Å². The highest BCUT2D eigenvalue weighted by atomic mass is 15.2. The summed E-state index contributed by atoms with van der Waals surface area (Å²) in [7, 11) is 5.64. The van der Waals surface area contributed by atoms with Gasteiger partial charge in [-0.1, -0.05) is 6.58 Å². The monoisotopic (exact) mass is 141 g/mol. The normalized spacial score (nSPS) is 9.90. The molecule has 58 valence electrons. The van der Waals surface area contributed by atoms with Crippen molar-refractivity contribution in [1.29, 1.82) is 0 Å². The Hall–Kier alpha value is -0.990. The van der Waals surface area contributed by atoms with E-state index in [9.17, 15) is 0 Å². The second-order valence-electron chi connectivity index (χ2n) is 2.16. The molecule has 1 N–H and O–H groups in total. The Bertz CT molecular complexity index is 127. The zero-order valence-corrected chi connectivity index (χ0v) is 6.89. The van der Waals surface area contributed by atoms with Gasteiger partial charge in [-0.05, 0) is 0 Å². The predicted molar refractivity (Wildman–Crippen MR) is 45.2 cm³/mol. The van der Waals surface area contributed by atoms with Crippen LogP contribution in [-0.4, -0.2) is 38.8 Å². The molecule has 0 amide bonds. The van der Waals surface area contributed by atoms with Crippen LogP contribution < -0.4 is 5.32 Å². The van der Waals surface area contributed by atoms with E-state index >= 15 is 0 Å². The third kappa shape index (κ3) is 3.95. The van der Waals surface area contributed by atoms with Crippen molar-refractivity contribution in [2.75, 3.05) is 27.7 Å². The smallest absolute Gasteiger partial charge is 0.0936 e. The summed E-state index contributed by atoms with van der Waals surface area (Å²) in [6.45, 7) is 4.52. The Labute approximate surface area is 62.4 Å². The van der Waals surface area contributed by atoms with Gasteiger partial charge in [-0.2, -0.15) is 0 Å². The van der Waals surface area contributed by atoms with Gasteiger partial charge >= 0.3 is 0 Å². The SMILES string of the molecule is C=C(NCC=NC)N(C)C. The predicted octanol–water partition coefficient (Wildman–Crippen LogP) is 0.309. The number of aliphatic imine (C=N–C) groups is 1. The molecule has 0 aromatic heterocycles. The molecule has 0 unspecified atom stereocenters. The number of nitrogens with zero attached hydrogens (tertiary/aromatic N) is 2. The maximum Gasteiger partial charge on any atom is 0.0936 e. The van der Waals surface area contributed by atoms with Crippen molar-refractivity contribution in [3.8, 4) is 0 Å². The molecule has 0 aliphatic rings. The average molecular weight is 141 g/mol. The standard InChI is InChI=1S/C7H15N3/c1-7(10(3)4)9-6-5-8-2/h5,9H,1,6H2,2-4H3. The van der Waals surface area contributed by atoms with E-state index in [1.807, 2.05) is 19.0 Å². The first-order valence-electron chi connectivity index (χ1n) is 3.19. The van der Waals surface area contributed by atoms with Crippen molar-refractivity contribution in [3.63, 3.8) is 0 Å². The first-order chi connectivity index (χ1) is 4.68. The number of rotatable bonds is 4. The quantitative estimate of drug-likeness (QED) is 0.571. The minimum absolute atomic E-state index is 0.744. The molecule has 3 heteroatoms. The summed E-state index contributed by atoms with van der Waals surface area (Å²) in [5.41, 5.74) is 0. The van der Waals surface area contributed by atoms with Crippen LogP contribution in [0.1, 0.15) is 0 Å². The van der Waals surface area contributed by atoms with Gasteiger partial charge in [-0.3, -0.25) is 4.99 Å². The Morgan fingerprint density at radius 3 is 2.70 bits per heavy atom. The zero-order valence-electron chi connectivity index (χ0n) is 6.89. The van der Waals surface area contributed by atoms with Crippen LogP contribution in [0.4, 0.5) is 0 Å². The molecule has 3 nitrogen and oxygen atoms in total. The van der Waals surface area contributed by atoms with Gasteiger partial charge < -0.3 is 10.2 Å². The summed E-state index contributed by atoms with van der Waals surface area (Å²) in [5.74, 6) is 0.903. The minimum Gasteiger partial charge on any atom is -0.367 e. The van der Waals surface area contributed by atoms with Crippen LogP contribution in [0, 0.1) is 0 Å². The molecule has 0 heterocycles. The number of hydrogen-bond acceptors (Lipinski definition) is 3. The summed E-state index contributed by atoms with van der Waals surface area (Å²) in [4.78, 5) is 5.74. The van der Waals surface area contributed by atoms with Gasteiger partial charge in [0.15, 0.2) is 0 Å². The van der Waals surface area contributed by atoms with Crippen LogP contribution in [-0.2, 0) is 0 Å². The van der Waals surface area contributed by atoms with Crippen molar-refractivity contribution < 1.29 is 0 Å². The second kappa shape index (κ2) is 4.85. The first-order valence-corrected chi connectivity index (χ1v) is 3.19. The first kappa shape index (κ1) is 9.01. The fourth-order valence-electron chi connectivity index (χ4n) is 0.413. The van der Waals surface area contributed by atoms with E-state index in [1.54, 1.807) is 13.3 Å². The minimum atomic E-state index is 0.744. The highest BCUT2D eigenvalue weighted by Gasteiger charge is 1.89. The van der Waals surface area contributed by atoms with Crippen LogP contribution in [0.15, 0.2) is 17.4 Å². The second-order valence-corrected chi connectivity index (χ2v) is 2.16. The maximum absolute atomic E-state index is 3.82. The average Bonchev–Trinajstić information content (AvgIpc) is 1.88. The van der Waals surface area contributed by atoms with E-state index < -0.39 is 0 Å². The van der Waals surface area contributed by atoms with Crippen molar-refractivity contribution in [1.82, 2.24) is 10.2 Å². The van der Waals surface area contributed by atoms with Crippen molar-refractivity contribution >= 4 is 6.21 Å². The van der Waals surface area contributed by atoms with Gasteiger partial charge in [-0.15, -0.1) is 0 Å². The maximum atomic E-state index is 3.82. The fraction of sp³-hybridized carbons (Fsp3) is 0.571. The van der Waals surface area contributed by atoms with Gasteiger partial charge in [0, 0.05) is 27.4 Å². The molecule has 0 bridgehead atoms. The van der Waals surface area contributed by atoms with Crippen molar-refractivity contribution in [2.24, 2.45) is 4.99 Å². The summed E-state index contributed by atoms with van der Waals surface area (Å²) in [6, 6.07) is 0. The van der Waals surface area contributed by atoms with Gasteiger partial charge in [0.25, 0.3) is 0 Å². The highest BCUT2D eigenvalue weighted by molar-refractivity contribution is 5.59. The number of nitrogens with one attached hydrogen (secondary N) is 1. The fourth-order valence-corrected chi connectivity index (χ4v) is 0.413. The molecule has 0 aliphatic carbocycles. The van der Waals surface area contributed by atoms with E-state index in [1.165, 1.54) is 0 Å².